The lowest BCUT2D eigenvalue weighted by Gasteiger charge is -2.14. The molecule has 0 aromatic heterocycles. The van der Waals surface area contributed by atoms with Crippen molar-refractivity contribution in [2.45, 2.75) is 27.7 Å². The third-order valence-electron chi connectivity index (χ3n) is 5.90. The van der Waals surface area contributed by atoms with Crippen LogP contribution >= 0.6 is 0 Å². The van der Waals surface area contributed by atoms with Gasteiger partial charge in [-0.3, -0.25) is 0 Å². The summed E-state index contributed by atoms with van der Waals surface area (Å²) in [5.41, 5.74) is 9.18. The maximum atomic E-state index is 12.4. The number of carbonyl (C=O) groups is 2. The standard InChI is InChI=1S/C30H30N4O2/c1-19-5-11-25(12-6-19)31-29(35)33-27-15-9-23(17-21(27)3)24-10-16-28(22(4)18-24)34-30(36)32-26-13-7-20(2)8-14-26/h5-18H,1-4H3,(H2,31,33,35)(H2,32,34,36). The van der Waals surface area contributed by atoms with Gasteiger partial charge >= 0.3 is 12.1 Å². The Morgan fingerprint density at radius 1 is 0.472 bits per heavy atom. The van der Waals surface area contributed by atoms with Crippen LogP contribution in [0.25, 0.3) is 11.1 Å². The number of hydrogen-bond acceptors (Lipinski definition) is 2. The maximum absolute atomic E-state index is 12.4. The van der Waals surface area contributed by atoms with Crippen LogP contribution in [0.15, 0.2) is 84.9 Å². The van der Waals surface area contributed by atoms with Crippen molar-refractivity contribution in [3.63, 3.8) is 0 Å². The lowest BCUT2D eigenvalue weighted by Crippen LogP contribution is -2.20. The molecule has 0 aliphatic rings. The van der Waals surface area contributed by atoms with Crippen molar-refractivity contribution < 1.29 is 9.59 Å². The molecular weight excluding hydrogens is 448 g/mol. The van der Waals surface area contributed by atoms with E-state index in [1.54, 1.807) is 0 Å². The van der Waals surface area contributed by atoms with Crippen LogP contribution in [0, 0.1) is 27.7 Å². The van der Waals surface area contributed by atoms with E-state index >= 15 is 0 Å². The lowest BCUT2D eigenvalue weighted by molar-refractivity contribution is 0.261. The summed E-state index contributed by atoms with van der Waals surface area (Å²) in [6.45, 7) is 7.93. The van der Waals surface area contributed by atoms with E-state index in [1.807, 2.05) is 113 Å². The fraction of sp³-hybridized carbons (Fsp3) is 0.133. The predicted octanol–water partition coefficient (Wildman–Crippen LogP) is 7.88. The van der Waals surface area contributed by atoms with Crippen molar-refractivity contribution in [3.8, 4) is 11.1 Å². The molecule has 4 amide bonds. The number of rotatable bonds is 5. The summed E-state index contributed by atoms with van der Waals surface area (Å²) < 4.78 is 0. The number of amides is 4. The molecule has 6 nitrogen and oxygen atoms in total. The Morgan fingerprint density at radius 2 is 0.833 bits per heavy atom. The molecule has 4 N–H and O–H groups in total. The minimum absolute atomic E-state index is 0.287. The number of urea groups is 2. The zero-order chi connectivity index (χ0) is 25.7. The highest BCUT2D eigenvalue weighted by atomic mass is 16.2. The summed E-state index contributed by atoms with van der Waals surface area (Å²) in [4.78, 5) is 24.8. The van der Waals surface area contributed by atoms with E-state index in [2.05, 4.69) is 21.3 Å². The van der Waals surface area contributed by atoms with Crippen LogP contribution in [0.4, 0.5) is 32.3 Å². The molecule has 0 spiro atoms. The van der Waals surface area contributed by atoms with Crippen LogP contribution in [0.1, 0.15) is 22.3 Å². The molecule has 4 aromatic carbocycles. The van der Waals surface area contributed by atoms with Crippen LogP contribution < -0.4 is 21.3 Å². The van der Waals surface area contributed by atoms with E-state index in [-0.39, 0.29) is 12.1 Å². The zero-order valence-corrected chi connectivity index (χ0v) is 20.9. The number of hydrogen-bond donors (Lipinski definition) is 4. The number of aryl methyl sites for hydroxylation is 4. The van der Waals surface area contributed by atoms with Gasteiger partial charge in [0, 0.05) is 22.7 Å². The quantitative estimate of drug-likeness (QED) is 0.235. The van der Waals surface area contributed by atoms with Gasteiger partial charge in [-0.05, 0) is 98.5 Å². The fourth-order valence-electron chi connectivity index (χ4n) is 3.81. The SMILES string of the molecule is Cc1ccc(NC(=O)Nc2ccc(-c3ccc(NC(=O)Nc4ccc(C)cc4)c(C)c3)cc2C)cc1. The second-order valence-electron chi connectivity index (χ2n) is 8.95. The minimum Gasteiger partial charge on any atom is -0.308 e. The van der Waals surface area contributed by atoms with Gasteiger partial charge in [-0.2, -0.15) is 0 Å². The molecule has 0 heterocycles. The minimum atomic E-state index is -0.287. The van der Waals surface area contributed by atoms with Crippen LogP contribution in [-0.2, 0) is 0 Å². The Labute approximate surface area is 211 Å². The van der Waals surface area contributed by atoms with E-state index in [0.29, 0.717) is 0 Å². The van der Waals surface area contributed by atoms with E-state index < -0.39 is 0 Å². The molecule has 0 saturated carbocycles. The van der Waals surface area contributed by atoms with Crippen molar-refractivity contribution in [2.75, 3.05) is 21.3 Å². The van der Waals surface area contributed by atoms with Gasteiger partial charge in [-0.25, -0.2) is 9.59 Å². The fourth-order valence-corrected chi connectivity index (χ4v) is 3.81. The Balaban J connectivity index is 1.40. The molecule has 4 rings (SSSR count). The van der Waals surface area contributed by atoms with Crippen LogP contribution in [-0.4, -0.2) is 12.1 Å². The van der Waals surface area contributed by atoms with Gasteiger partial charge in [0.05, 0.1) is 0 Å². The first kappa shape index (κ1) is 24.5. The van der Waals surface area contributed by atoms with E-state index in [0.717, 1.165) is 56.1 Å². The van der Waals surface area contributed by atoms with Gasteiger partial charge in [-0.15, -0.1) is 0 Å². The second-order valence-corrected chi connectivity index (χ2v) is 8.95. The van der Waals surface area contributed by atoms with Crippen LogP contribution in [0.2, 0.25) is 0 Å². The first-order chi connectivity index (χ1) is 17.3. The Bertz CT molecular complexity index is 1280. The van der Waals surface area contributed by atoms with Crippen molar-refractivity contribution in [2.24, 2.45) is 0 Å². The largest absolute Gasteiger partial charge is 0.323 e. The smallest absolute Gasteiger partial charge is 0.308 e. The van der Waals surface area contributed by atoms with Crippen molar-refractivity contribution in [1.29, 1.82) is 0 Å². The Kier molecular flexibility index (Phi) is 7.35. The monoisotopic (exact) mass is 478 g/mol. The summed E-state index contributed by atoms with van der Waals surface area (Å²) in [7, 11) is 0. The topological polar surface area (TPSA) is 82.3 Å². The molecule has 0 aliphatic carbocycles. The average molecular weight is 479 g/mol. The number of carbonyl (C=O) groups excluding carboxylic acids is 2. The second kappa shape index (κ2) is 10.8. The number of anilines is 4. The van der Waals surface area contributed by atoms with E-state index in [1.165, 1.54) is 0 Å². The summed E-state index contributed by atoms with van der Waals surface area (Å²) in [6, 6.07) is 26.5. The molecule has 0 aliphatic heterocycles. The summed E-state index contributed by atoms with van der Waals surface area (Å²) >= 11 is 0. The van der Waals surface area contributed by atoms with Gasteiger partial charge in [0.15, 0.2) is 0 Å². The van der Waals surface area contributed by atoms with Crippen LogP contribution in [0.3, 0.4) is 0 Å². The van der Waals surface area contributed by atoms with Gasteiger partial charge in [-0.1, -0.05) is 47.5 Å². The normalized spacial score (nSPS) is 10.4. The molecule has 182 valence electrons. The van der Waals surface area contributed by atoms with Crippen molar-refractivity contribution in [1.82, 2.24) is 0 Å². The first-order valence-corrected chi connectivity index (χ1v) is 11.8. The number of benzene rings is 4. The van der Waals surface area contributed by atoms with E-state index in [4.69, 9.17) is 0 Å². The average Bonchev–Trinajstić information content (AvgIpc) is 2.84. The number of nitrogens with one attached hydrogen (secondary N) is 4. The molecule has 0 unspecified atom stereocenters. The highest BCUT2D eigenvalue weighted by molar-refractivity contribution is 6.01. The highest BCUT2D eigenvalue weighted by Gasteiger charge is 2.10. The van der Waals surface area contributed by atoms with Crippen molar-refractivity contribution in [3.05, 3.63) is 107 Å². The molecule has 6 heteroatoms. The maximum Gasteiger partial charge on any atom is 0.323 e. The molecular formula is C30H30N4O2. The van der Waals surface area contributed by atoms with Crippen molar-refractivity contribution >= 4 is 34.8 Å². The predicted molar refractivity (Wildman–Crippen MR) is 149 cm³/mol. The summed E-state index contributed by atoms with van der Waals surface area (Å²) in [5.74, 6) is 0. The molecule has 36 heavy (non-hydrogen) atoms. The van der Waals surface area contributed by atoms with E-state index in [9.17, 15) is 9.59 Å². The third-order valence-corrected chi connectivity index (χ3v) is 5.90. The molecule has 0 radical (unpaired) electrons. The van der Waals surface area contributed by atoms with Gasteiger partial charge < -0.3 is 21.3 Å². The third kappa shape index (κ3) is 6.30. The highest BCUT2D eigenvalue weighted by Crippen LogP contribution is 2.28. The molecule has 0 atom stereocenters. The molecule has 4 aromatic rings. The Morgan fingerprint density at radius 3 is 1.17 bits per heavy atom. The lowest BCUT2D eigenvalue weighted by atomic mass is 10.00. The Hall–Kier alpha value is -4.58. The molecule has 0 bridgehead atoms. The summed E-state index contributed by atoms with van der Waals surface area (Å²) in [5, 5.41) is 11.5. The molecule has 0 fully saturated rings. The van der Waals surface area contributed by atoms with Gasteiger partial charge in [0.1, 0.15) is 0 Å². The zero-order valence-electron chi connectivity index (χ0n) is 20.9. The van der Waals surface area contributed by atoms with Crippen LogP contribution in [0.5, 0.6) is 0 Å². The first-order valence-electron chi connectivity index (χ1n) is 11.8. The summed E-state index contributed by atoms with van der Waals surface area (Å²) in [6.07, 6.45) is 0. The van der Waals surface area contributed by atoms with Gasteiger partial charge in [0.25, 0.3) is 0 Å². The van der Waals surface area contributed by atoms with Gasteiger partial charge in [0.2, 0.25) is 0 Å². The molecule has 0 saturated heterocycles.